The van der Waals surface area contributed by atoms with Gasteiger partial charge >= 0.3 is 0 Å². The lowest BCUT2D eigenvalue weighted by atomic mass is 10.2. The van der Waals surface area contributed by atoms with Crippen molar-refractivity contribution in [1.29, 1.82) is 0 Å². The number of hydrogen-bond donors (Lipinski definition) is 1. The van der Waals surface area contributed by atoms with Gasteiger partial charge in [0.25, 0.3) is 0 Å². The fourth-order valence-electron chi connectivity index (χ4n) is 1.48. The number of halogens is 1. The Hall–Kier alpha value is -0.740. The molecular weight excluding hydrogens is 248 g/mol. The first-order valence-corrected chi connectivity index (χ1v) is 7.24. The highest BCUT2D eigenvalue weighted by molar-refractivity contribution is 7.91. The highest BCUT2D eigenvalue weighted by Crippen LogP contribution is 2.21. The summed E-state index contributed by atoms with van der Waals surface area (Å²) >= 11 is 5.50. The molecular formula is C11H15ClO3S. The van der Waals surface area contributed by atoms with Crippen molar-refractivity contribution in [3.05, 3.63) is 23.8 Å². The normalized spacial score (nSPS) is 11.6. The average molecular weight is 263 g/mol. The van der Waals surface area contributed by atoms with Crippen molar-refractivity contribution in [3.8, 4) is 5.75 Å². The summed E-state index contributed by atoms with van der Waals surface area (Å²) in [6.07, 6.45) is 1.25. The van der Waals surface area contributed by atoms with Crippen LogP contribution in [0.4, 0.5) is 0 Å². The lowest BCUT2D eigenvalue weighted by Gasteiger charge is -2.07. The second-order valence-electron chi connectivity index (χ2n) is 3.66. The average Bonchev–Trinajstić information content (AvgIpc) is 2.17. The smallest absolute Gasteiger partial charge is 0.178 e. The molecule has 0 radical (unpaired) electrons. The summed E-state index contributed by atoms with van der Waals surface area (Å²) in [6, 6.07) is 4.29. The number of sulfone groups is 1. The molecule has 0 unspecified atom stereocenters. The van der Waals surface area contributed by atoms with Crippen LogP contribution in [0, 0.1) is 6.92 Å². The molecule has 0 aromatic heterocycles. The van der Waals surface area contributed by atoms with Gasteiger partial charge in [-0.15, -0.1) is 11.6 Å². The molecule has 90 valence electrons. The van der Waals surface area contributed by atoms with Crippen molar-refractivity contribution in [3.63, 3.8) is 0 Å². The van der Waals surface area contributed by atoms with Crippen molar-refractivity contribution in [2.75, 3.05) is 11.6 Å². The molecule has 0 spiro atoms. The minimum Gasteiger partial charge on any atom is -0.508 e. The zero-order valence-electron chi connectivity index (χ0n) is 9.11. The molecule has 1 N–H and O–H groups in total. The number of phenolic OH excluding ortho intramolecular Hbond substituents is 1. The standard InChI is InChI=1S/C11H15ClO3S/c1-9-8-10(13)4-5-11(9)16(14,15)7-3-2-6-12/h4-5,8,13H,2-3,6-7H2,1H3. The van der Waals surface area contributed by atoms with Crippen LogP contribution >= 0.6 is 11.6 Å². The van der Waals surface area contributed by atoms with E-state index in [-0.39, 0.29) is 11.5 Å². The van der Waals surface area contributed by atoms with Crippen LogP contribution < -0.4 is 0 Å². The largest absolute Gasteiger partial charge is 0.508 e. The quantitative estimate of drug-likeness (QED) is 0.655. The monoisotopic (exact) mass is 262 g/mol. The van der Waals surface area contributed by atoms with Crippen LogP contribution in [-0.2, 0) is 9.84 Å². The van der Waals surface area contributed by atoms with E-state index in [1.807, 2.05) is 0 Å². The Morgan fingerprint density at radius 2 is 2.00 bits per heavy atom. The number of benzene rings is 1. The van der Waals surface area contributed by atoms with E-state index >= 15 is 0 Å². The summed E-state index contributed by atoms with van der Waals surface area (Å²) in [6.45, 7) is 1.67. The van der Waals surface area contributed by atoms with Crippen LogP contribution in [-0.4, -0.2) is 25.2 Å². The summed E-state index contributed by atoms with van der Waals surface area (Å²) in [5, 5.41) is 9.21. The Balaban J connectivity index is 2.90. The number of hydrogen-bond acceptors (Lipinski definition) is 3. The van der Waals surface area contributed by atoms with Gasteiger partial charge in [0.15, 0.2) is 9.84 Å². The molecule has 0 aliphatic rings. The van der Waals surface area contributed by atoms with E-state index in [2.05, 4.69) is 0 Å². The van der Waals surface area contributed by atoms with Crippen molar-refractivity contribution in [2.45, 2.75) is 24.7 Å². The fourth-order valence-corrected chi connectivity index (χ4v) is 3.30. The number of aromatic hydroxyl groups is 1. The van der Waals surface area contributed by atoms with Gasteiger partial charge in [-0.25, -0.2) is 8.42 Å². The third-order valence-corrected chi connectivity index (χ3v) is 4.51. The molecule has 0 fully saturated rings. The molecule has 1 rings (SSSR count). The molecule has 1 aromatic rings. The van der Waals surface area contributed by atoms with Gasteiger partial charge in [-0.05, 0) is 43.5 Å². The van der Waals surface area contributed by atoms with Crippen LogP contribution in [0.15, 0.2) is 23.1 Å². The van der Waals surface area contributed by atoms with Gasteiger partial charge in [0.2, 0.25) is 0 Å². The van der Waals surface area contributed by atoms with E-state index in [0.717, 1.165) is 0 Å². The van der Waals surface area contributed by atoms with Gasteiger partial charge in [-0.2, -0.15) is 0 Å². The molecule has 0 heterocycles. The Morgan fingerprint density at radius 1 is 1.31 bits per heavy atom. The van der Waals surface area contributed by atoms with Gasteiger partial charge in [0, 0.05) is 5.88 Å². The van der Waals surface area contributed by atoms with E-state index in [4.69, 9.17) is 11.6 Å². The Morgan fingerprint density at radius 3 is 2.56 bits per heavy atom. The predicted molar refractivity (Wildman–Crippen MR) is 64.9 cm³/mol. The Kier molecular flexibility index (Phi) is 4.62. The summed E-state index contributed by atoms with van der Waals surface area (Å²) in [4.78, 5) is 0.292. The zero-order chi connectivity index (χ0) is 12.2. The van der Waals surface area contributed by atoms with Crippen molar-refractivity contribution < 1.29 is 13.5 Å². The summed E-state index contributed by atoms with van der Waals surface area (Å²) < 4.78 is 23.8. The number of phenols is 1. The lowest BCUT2D eigenvalue weighted by molar-refractivity contribution is 0.474. The molecule has 0 saturated carbocycles. The predicted octanol–water partition coefficient (Wildman–Crippen LogP) is 2.49. The van der Waals surface area contributed by atoms with Gasteiger partial charge in [0.05, 0.1) is 10.6 Å². The van der Waals surface area contributed by atoms with Crippen molar-refractivity contribution in [1.82, 2.24) is 0 Å². The van der Waals surface area contributed by atoms with Gasteiger partial charge in [-0.3, -0.25) is 0 Å². The summed E-state index contributed by atoms with van der Waals surface area (Å²) in [5.74, 6) is 0.660. The van der Waals surface area contributed by atoms with Crippen molar-refractivity contribution in [2.24, 2.45) is 0 Å². The molecule has 0 aliphatic carbocycles. The van der Waals surface area contributed by atoms with Crippen LogP contribution in [0.5, 0.6) is 5.75 Å². The Bertz CT molecular complexity index is 454. The van der Waals surface area contributed by atoms with E-state index in [1.54, 1.807) is 6.92 Å². The first-order chi connectivity index (χ1) is 7.47. The molecule has 0 saturated heterocycles. The number of aryl methyl sites for hydroxylation is 1. The molecule has 0 aliphatic heterocycles. The highest BCUT2D eigenvalue weighted by Gasteiger charge is 2.16. The van der Waals surface area contributed by atoms with Crippen LogP contribution in [0.1, 0.15) is 18.4 Å². The maximum absolute atomic E-state index is 11.9. The summed E-state index contributed by atoms with van der Waals surface area (Å²) in [5.41, 5.74) is 0.575. The van der Waals surface area contributed by atoms with Gasteiger partial charge < -0.3 is 5.11 Å². The van der Waals surface area contributed by atoms with E-state index in [0.29, 0.717) is 29.2 Å². The fraction of sp³-hybridized carbons (Fsp3) is 0.455. The maximum Gasteiger partial charge on any atom is 0.178 e. The van der Waals surface area contributed by atoms with Gasteiger partial charge in [-0.1, -0.05) is 0 Å². The Labute approximate surface area is 101 Å². The number of rotatable bonds is 5. The topological polar surface area (TPSA) is 54.4 Å². The number of unbranched alkanes of at least 4 members (excludes halogenated alkanes) is 1. The molecule has 0 amide bonds. The number of alkyl halides is 1. The van der Waals surface area contributed by atoms with E-state index in [1.165, 1.54) is 18.2 Å². The molecule has 16 heavy (non-hydrogen) atoms. The molecule has 3 nitrogen and oxygen atoms in total. The maximum atomic E-state index is 11.9. The zero-order valence-corrected chi connectivity index (χ0v) is 10.7. The van der Waals surface area contributed by atoms with E-state index in [9.17, 15) is 13.5 Å². The van der Waals surface area contributed by atoms with Gasteiger partial charge in [0.1, 0.15) is 5.75 Å². The van der Waals surface area contributed by atoms with E-state index < -0.39 is 9.84 Å². The van der Waals surface area contributed by atoms with Crippen LogP contribution in [0.3, 0.4) is 0 Å². The molecule has 5 heteroatoms. The lowest BCUT2D eigenvalue weighted by Crippen LogP contribution is -2.08. The molecule has 1 aromatic carbocycles. The third-order valence-electron chi connectivity index (χ3n) is 2.29. The first-order valence-electron chi connectivity index (χ1n) is 5.06. The summed E-state index contributed by atoms with van der Waals surface area (Å²) in [7, 11) is -3.25. The minimum absolute atomic E-state index is 0.0807. The first kappa shape index (κ1) is 13.3. The molecule has 0 bridgehead atoms. The second-order valence-corrected chi connectivity index (χ2v) is 6.12. The minimum atomic E-state index is -3.25. The third kappa shape index (κ3) is 3.39. The SMILES string of the molecule is Cc1cc(O)ccc1S(=O)(=O)CCCCCl. The van der Waals surface area contributed by atoms with Crippen molar-refractivity contribution >= 4 is 21.4 Å². The molecule has 0 atom stereocenters. The second kappa shape index (κ2) is 5.55. The highest BCUT2D eigenvalue weighted by atomic mass is 35.5. The van der Waals surface area contributed by atoms with Crippen LogP contribution in [0.25, 0.3) is 0 Å². The van der Waals surface area contributed by atoms with Crippen LogP contribution in [0.2, 0.25) is 0 Å².